The highest BCUT2D eigenvalue weighted by Gasteiger charge is 2.15. The first-order valence-corrected chi connectivity index (χ1v) is 9.82. The number of amides is 1. The average Bonchev–Trinajstić information content (AvgIpc) is 3.06. The molecule has 1 heterocycles. The number of nitrogens with one attached hydrogen (secondary N) is 1. The Morgan fingerprint density at radius 2 is 1.89 bits per heavy atom. The van der Waals surface area contributed by atoms with Crippen LogP contribution in [0.15, 0.2) is 47.6 Å². The zero-order valence-corrected chi connectivity index (χ0v) is 16.6. The van der Waals surface area contributed by atoms with Crippen molar-refractivity contribution in [3.8, 4) is 17.1 Å². The molecule has 0 fully saturated rings. The number of rotatable bonds is 6. The Balaban J connectivity index is 1.68. The molecule has 0 atom stereocenters. The number of aromatic hydroxyl groups is 1. The Bertz CT molecular complexity index is 960. The Morgan fingerprint density at radius 1 is 1.15 bits per heavy atom. The van der Waals surface area contributed by atoms with Gasteiger partial charge in [-0.1, -0.05) is 35.0 Å². The van der Waals surface area contributed by atoms with Gasteiger partial charge in [-0.2, -0.15) is 0 Å². The lowest BCUT2D eigenvalue weighted by molar-refractivity contribution is -0.113. The summed E-state index contributed by atoms with van der Waals surface area (Å²) in [6.07, 6.45) is 0. The summed E-state index contributed by atoms with van der Waals surface area (Å²) in [6.45, 7) is 2.63. The Hall–Kier alpha value is -2.22. The molecule has 3 rings (SSSR count). The van der Waals surface area contributed by atoms with E-state index in [4.69, 9.17) is 23.2 Å². The molecule has 0 unspecified atom stereocenters. The molecule has 0 aliphatic rings. The molecule has 0 aliphatic heterocycles. The number of hydrogen-bond acceptors (Lipinski definition) is 5. The fourth-order valence-electron chi connectivity index (χ4n) is 2.41. The highest BCUT2D eigenvalue weighted by molar-refractivity contribution is 7.99. The summed E-state index contributed by atoms with van der Waals surface area (Å²) in [7, 11) is 0. The van der Waals surface area contributed by atoms with Crippen molar-refractivity contribution in [2.45, 2.75) is 18.6 Å². The molecule has 1 amide bonds. The Labute approximate surface area is 170 Å². The number of carbonyl (C=O) groups excluding carboxylic acids is 1. The fourth-order valence-corrected chi connectivity index (χ4v) is 3.51. The number of halogens is 2. The number of phenolic OH excluding ortho intramolecular Hbond substituents is 1. The standard InChI is InChI=1S/C18H16Cl2N4O2S/c1-2-24-17(11-3-6-13(25)7-4-11)22-23-18(24)27-10-16(26)21-12-5-8-14(19)15(20)9-12/h3-9,25H,2,10H2,1H3,(H,21,26). The maximum Gasteiger partial charge on any atom is 0.234 e. The van der Waals surface area contributed by atoms with Gasteiger partial charge in [0.05, 0.1) is 15.8 Å². The van der Waals surface area contributed by atoms with Crippen molar-refractivity contribution in [2.24, 2.45) is 0 Å². The van der Waals surface area contributed by atoms with Crippen molar-refractivity contribution >= 4 is 46.6 Å². The van der Waals surface area contributed by atoms with Gasteiger partial charge in [0.2, 0.25) is 5.91 Å². The van der Waals surface area contributed by atoms with Gasteiger partial charge in [-0.05, 0) is 49.4 Å². The van der Waals surface area contributed by atoms with E-state index < -0.39 is 0 Å². The van der Waals surface area contributed by atoms with Gasteiger partial charge < -0.3 is 15.0 Å². The van der Waals surface area contributed by atoms with E-state index in [1.165, 1.54) is 11.8 Å². The molecular formula is C18H16Cl2N4O2S. The van der Waals surface area contributed by atoms with E-state index in [-0.39, 0.29) is 17.4 Å². The van der Waals surface area contributed by atoms with Crippen molar-refractivity contribution in [1.29, 1.82) is 0 Å². The monoisotopic (exact) mass is 422 g/mol. The van der Waals surface area contributed by atoms with E-state index in [1.54, 1.807) is 42.5 Å². The summed E-state index contributed by atoms with van der Waals surface area (Å²) in [4.78, 5) is 12.2. The number of carbonyl (C=O) groups is 1. The summed E-state index contributed by atoms with van der Waals surface area (Å²) in [5.74, 6) is 0.864. The number of nitrogens with zero attached hydrogens (tertiary/aromatic N) is 3. The lowest BCUT2D eigenvalue weighted by Gasteiger charge is -2.08. The highest BCUT2D eigenvalue weighted by atomic mass is 35.5. The van der Waals surface area contributed by atoms with E-state index >= 15 is 0 Å². The maximum atomic E-state index is 12.2. The topological polar surface area (TPSA) is 80.0 Å². The van der Waals surface area contributed by atoms with Gasteiger partial charge in [0.15, 0.2) is 11.0 Å². The van der Waals surface area contributed by atoms with E-state index in [2.05, 4.69) is 15.5 Å². The molecule has 0 saturated carbocycles. The third kappa shape index (κ3) is 4.74. The second kappa shape index (κ2) is 8.65. The molecule has 0 spiro atoms. The summed E-state index contributed by atoms with van der Waals surface area (Å²) in [6, 6.07) is 11.7. The van der Waals surface area contributed by atoms with E-state index in [9.17, 15) is 9.90 Å². The van der Waals surface area contributed by atoms with Gasteiger partial charge in [-0.25, -0.2) is 0 Å². The molecule has 140 valence electrons. The number of hydrogen-bond donors (Lipinski definition) is 2. The van der Waals surface area contributed by atoms with Crippen LogP contribution in [-0.2, 0) is 11.3 Å². The minimum Gasteiger partial charge on any atom is -0.508 e. The molecule has 9 heteroatoms. The third-order valence-corrected chi connectivity index (χ3v) is 5.40. The molecule has 0 radical (unpaired) electrons. The molecule has 0 bridgehead atoms. The number of anilines is 1. The van der Waals surface area contributed by atoms with Gasteiger partial charge >= 0.3 is 0 Å². The molecule has 2 aromatic carbocycles. The third-order valence-electron chi connectivity index (χ3n) is 3.69. The number of aromatic nitrogens is 3. The Kier molecular flexibility index (Phi) is 6.26. The van der Waals surface area contributed by atoms with Crippen LogP contribution in [0.25, 0.3) is 11.4 Å². The van der Waals surface area contributed by atoms with Crippen molar-refractivity contribution in [1.82, 2.24) is 14.8 Å². The van der Waals surface area contributed by atoms with Crippen LogP contribution in [0.5, 0.6) is 5.75 Å². The lowest BCUT2D eigenvalue weighted by Crippen LogP contribution is -2.14. The highest BCUT2D eigenvalue weighted by Crippen LogP contribution is 2.27. The zero-order valence-electron chi connectivity index (χ0n) is 14.3. The number of thioether (sulfide) groups is 1. The van der Waals surface area contributed by atoms with Crippen LogP contribution in [0, 0.1) is 0 Å². The molecule has 0 aliphatic carbocycles. The first-order chi connectivity index (χ1) is 13.0. The largest absolute Gasteiger partial charge is 0.508 e. The number of phenols is 1. The second-order valence-electron chi connectivity index (χ2n) is 5.56. The quantitative estimate of drug-likeness (QED) is 0.562. The lowest BCUT2D eigenvalue weighted by atomic mass is 10.2. The summed E-state index contributed by atoms with van der Waals surface area (Å²) in [5.41, 5.74) is 1.42. The van der Waals surface area contributed by atoms with Crippen LogP contribution in [0.4, 0.5) is 5.69 Å². The van der Waals surface area contributed by atoms with Crippen LogP contribution < -0.4 is 5.32 Å². The molecule has 0 saturated heterocycles. The molecule has 1 aromatic heterocycles. The predicted molar refractivity (Wildman–Crippen MR) is 109 cm³/mol. The Morgan fingerprint density at radius 3 is 2.56 bits per heavy atom. The minimum atomic E-state index is -0.185. The molecule has 3 aromatic rings. The summed E-state index contributed by atoms with van der Waals surface area (Å²) >= 11 is 13.1. The van der Waals surface area contributed by atoms with E-state index in [0.717, 1.165) is 5.56 Å². The summed E-state index contributed by atoms with van der Waals surface area (Å²) < 4.78 is 1.92. The first-order valence-electron chi connectivity index (χ1n) is 8.08. The normalized spacial score (nSPS) is 10.8. The molecular weight excluding hydrogens is 407 g/mol. The van der Waals surface area contributed by atoms with Crippen LogP contribution in [0.1, 0.15) is 6.92 Å². The van der Waals surface area contributed by atoms with Gasteiger partial charge in [0, 0.05) is 17.8 Å². The SMILES string of the molecule is CCn1c(SCC(=O)Nc2ccc(Cl)c(Cl)c2)nnc1-c1ccc(O)cc1. The smallest absolute Gasteiger partial charge is 0.234 e. The minimum absolute atomic E-state index is 0.175. The van der Waals surface area contributed by atoms with Gasteiger partial charge in [0.25, 0.3) is 0 Å². The fraction of sp³-hybridized carbons (Fsp3) is 0.167. The molecule has 27 heavy (non-hydrogen) atoms. The predicted octanol–water partition coefficient (Wildman–Crippen LogP) is 4.71. The van der Waals surface area contributed by atoms with Gasteiger partial charge in [-0.15, -0.1) is 10.2 Å². The first kappa shape index (κ1) is 19.5. The van der Waals surface area contributed by atoms with Crippen molar-refractivity contribution in [3.63, 3.8) is 0 Å². The van der Waals surface area contributed by atoms with Crippen molar-refractivity contribution in [2.75, 3.05) is 11.1 Å². The van der Waals surface area contributed by atoms with Crippen LogP contribution in [0.3, 0.4) is 0 Å². The second-order valence-corrected chi connectivity index (χ2v) is 7.32. The molecule has 2 N–H and O–H groups in total. The van der Waals surface area contributed by atoms with Crippen molar-refractivity contribution < 1.29 is 9.90 Å². The van der Waals surface area contributed by atoms with Gasteiger partial charge in [0.1, 0.15) is 5.75 Å². The maximum absolute atomic E-state index is 12.2. The zero-order chi connectivity index (χ0) is 19.4. The average molecular weight is 423 g/mol. The van der Waals surface area contributed by atoms with Crippen molar-refractivity contribution in [3.05, 3.63) is 52.5 Å². The van der Waals surface area contributed by atoms with Crippen LogP contribution in [-0.4, -0.2) is 31.5 Å². The molecule has 6 nitrogen and oxygen atoms in total. The van der Waals surface area contributed by atoms with E-state index in [1.807, 2.05) is 11.5 Å². The van der Waals surface area contributed by atoms with Gasteiger partial charge in [-0.3, -0.25) is 4.79 Å². The number of benzene rings is 2. The van der Waals surface area contributed by atoms with E-state index in [0.29, 0.717) is 33.3 Å². The summed E-state index contributed by atoms with van der Waals surface area (Å²) in [5, 5.41) is 22.1. The van der Waals surface area contributed by atoms with Crippen LogP contribution in [0.2, 0.25) is 10.0 Å². The van der Waals surface area contributed by atoms with Crippen LogP contribution >= 0.6 is 35.0 Å².